The van der Waals surface area contributed by atoms with Crippen molar-refractivity contribution in [3.8, 4) is 0 Å². The predicted molar refractivity (Wildman–Crippen MR) is 91.7 cm³/mol. The van der Waals surface area contributed by atoms with Gasteiger partial charge >= 0.3 is 15.6 Å². The second-order valence-corrected chi connectivity index (χ2v) is 12.6. The van der Waals surface area contributed by atoms with Crippen LogP contribution in [-0.2, 0) is 20.4 Å². The van der Waals surface area contributed by atoms with Crippen molar-refractivity contribution >= 4 is 28.8 Å². The molecule has 1 aliphatic rings. The van der Waals surface area contributed by atoms with Crippen LogP contribution < -0.4 is 10.4 Å². The molecule has 0 spiro atoms. The van der Waals surface area contributed by atoms with Crippen LogP contribution in [-0.4, -0.2) is 22.2 Å². The van der Waals surface area contributed by atoms with Gasteiger partial charge in [0.05, 0.1) is 0 Å². The van der Waals surface area contributed by atoms with Gasteiger partial charge in [-0.2, -0.15) is 21.6 Å². The summed E-state index contributed by atoms with van der Waals surface area (Å²) in [6.07, 6.45) is 0.456. The first kappa shape index (κ1) is 18.2. The van der Waals surface area contributed by atoms with E-state index in [1.54, 1.807) is 62.4 Å². The topological polar surface area (TPSA) is 43.4 Å². The summed E-state index contributed by atoms with van der Waals surface area (Å²) in [5, 5.41) is 0.327. The van der Waals surface area contributed by atoms with E-state index >= 15 is 0 Å². The highest BCUT2D eigenvalue weighted by Crippen LogP contribution is 2.47. The van der Waals surface area contributed by atoms with Gasteiger partial charge in [0.2, 0.25) is 0 Å². The molecule has 3 rings (SSSR count). The molecule has 0 N–H and O–H groups in total. The number of benzene rings is 2. The molecule has 134 valence electrons. The van der Waals surface area contributed by atoms with Gasteiger partial charge in [-0.3, -0.25) is 3.87 Å². The molecule has 2 aromatic rings. The van der Waals surface area contributed by atoms with Gasteiger partial charge in [0.15, 0.2) is 0 Å². The van der Waals surface area contributed by atoms with Gasteiger partial charge in [-0.15, -0.1) is 0 Å². The number of alkyl halides is 3. The Hall–Kier alpha value is -1.64. The molecule has 1 aliphatic heterocycles. The van der Waals surface area contributed by atoms with Crippen molar-refractivity contribution < 1.29 is 25.5 Å². The number of rotatable bonds is 3. The summed E-state index contributed by atoms with van der Waals surface area (Å²) in [7, 11) is -9.45. The third-order valence-corrected chi connectivity index (χ3v) is 11.6. The van der Waals surface area contributed by atoms with Crippen LogP contribution in [0.3, 0.4) is 0 Å². The number of hydrogen-bond donors (Lipinski definition) is 0. The summed E-state index contributed by atoms with van der Waals surface area (Å²) in [5.74, 6) is 0. The second kappa shape index (κ2) is 5.68. The van der Waals surface area contributed by atoms with E-state index in [1.807, 2.05) is 6.07 Å². The van der Waals surface area contributed by atoms with E-state index < -0.39 is 29.0 Å². The molecule has 1 unspecified atom stereocenters. The fourth-order valence-electron chi connectivity index (χ4n) is 3.62. The minimum Gasteiger partial charge on any atom is -0.296 e. The van der Waals surface area contributed by atoms with Crippen LogP contribution in [0.15, 0.2) is 54.6 Å². The first-order valence-electron chi connectivity index (χ1n) is 7.67. The van der Waals surface area contributed by atoms with E-state index in [-0.39, 0.29) is 0 Å². The van der Waals surface area contributed by atoms with E-state index in [0.29, 0.717) is 16.8 Å². The first-order valence-corrected chi connectivity index (χ1v) is 11.0. The monoisotopic (exact) mass is 386 g/mol. The smallest absolute Gasteiger partial charge is 0.296 e. The van der Waals surface area contributed by atoms with E-state index in [0.717, 1.165) is 5.56 Å². The zero-order valence-corrected chi connectivity index (χ0v) is 15.5. The van der Waals surface area contributed by atoms with Crippen molar-refractivity contribution in [3.05, 3.63) is 60.2 Å². The van der Waals surface area contributed by atoms with E-state index in [2.05, 4.69) is 0 Å². The van der Waals surface area contributed by atoms with Crippen LogP contribution in [0.25, 0.3) is 0 Å². The molecule has 1 atom stereocenters. The first-order chi connectivity index (χ1) is 11.5. The van der Waals surface area contributed by atoms with Crippen LogP contribution >= 0.6 is 0 Å². The molecule has 0 aromatic heterocycles. The van der Waals surface area contributed by atoms with E-state index in [9.17, 15) is 21.6 Å². The average molecular weight is 386 g/mol. The van der Waals surface area contributed by atoms with Crippen molar-refractivity contribution in [1.82, 2.24) is 0 Å². The molecule has 0 amide bonds. The summed E-state index contributed by atoms with van der Waals surface area (Å²) < 4.78 is 68.4. The maximum atomic E-state index is 13.1. The highest BCUT2D eigenvalue weighted by Gasteiger charge is 2.63. The second-order valence-electron chi connectivity index (χ2n) is 6.75. The van der Waals surface area contributed by atoms with Gasteiger partial charge in [0.25, 0.3) is 8.32 Å². The Balaban J connectivity index is 2.32. The largest absolute Gasteiger partial charge is 0.522 e. The highest BCUT2D eigenvalue weighted by atomic mass is 32.2. The van der Waals surface area contributed by atoms with Gasteiger partial charge in [-0.05, 0) is 27.4 Å². The van der Waals surface area contributed by atoms with E-state index in [1.165, 1.54) is 0 Å². The Morgan fingerprint density at radius 3 is 2.16 bits per heavy atom. The van der Waals surface area contributed by atoms with Crippen molar-refractivity contribution in [2.75, 3.05) is 0 Å². The molecule has 2 aromatic carbocycles. The average Bonchev–Trinajstić information content (AvgIpc) is 2.74. The molecule has 25 heavy (non-hydrogen) atoms. The summed E-state index contributed by atoms with van der Waals surface area (Å²) in [4.78, 5) is 0. The Kier molecular flexibility index (Phi) is 4.13. The Morgan fingerprint density at radius 1 is 1.00 bits per heavy atom. The summed E-state index contributed by atoms with van der Waals surface area (Å²) in [5.41, 5.74) is -4.63. The molecule has 1 heterocycles. The maximum Gasteiger partial charge on any atom is 0.522 e. The summed E-state index contributed by atoms with van der Waals surface area (Å²) in [6, 6.07) is 15.4. The predicted octanol–water partition coefficient (Wildman–Crippen LogP) is 2.95. The van der Waals surface area contributed by atoms with Crippen LogP contribution in [0.5, 0.6) is 0 Å². The summed E-state index contributed by atoms with van der Waals surface area (Å²) >= 11 is 0. The van der Waals surface area contributed by atoms with E-state index in [4.69, 9.17) is 3.87 Å². The molecule has 3 nitrogen and oxygen atoms in total. The Bertz CT molecular complexity index is 895. The minimum atomic E-state index is -5.74. The van der Waals surface area contributed by atoms with Crippen LogP contribution in [0, 0.1) is 0 Å². The molecule has 0 aliphatic carbocycles. The SMILES string of the molecule is CC1(C)Cc2ccccc2[Si]1(OS(=O)(=O)C(F)(F)F)c1ccccc1. The molecule has 0 fully saturated rings. The Labute approximate surface area is 145 Å². The van der Waals surface area contributed by atoms with Gasteiger partial charge in [-0.25, -0.2) is 0 Å². The van der Waals surface area contributed by atoms with Crippen molar-refractivity contribution in [2.24, 2.45) is 0 Å². The molecule has 0 saturated heterocycles. The third-order valence-electron chi connectivity index (χ3n) is 4.68. The fraction of sp³-hybridized carbons (Fsp3) is 0.294. The fourth-order valence-corrected chi connectivity index (χ4v) is 10.8. The van der Waals surface area contributed by atoms with Gasteiger partial charge in [0.1, 0.15) is 0 Å². The van der Waals surface area contributed by atoms with Gasteiger partial charge in [0, 0.05) is 0 Å². The quantitative estimate of drug-likeness (QED) is 0.602. The van der Waals surface area contributed by atoms with Crippen LogP contribution in [0.1, 0.15) is 19.4 Å². The maximum absolute atomic E-state index is 13.1. The van der Waals surface area contributed by atoms with Crippen molar-refractivity contribution in [1.29, 1.82) is 0 Å². The normalized spacial score (nSPS) is 22.6. The minimum absolute atomic E-state index is 0.456. The molecule has 0 saturated carbocycles. The molecular weight excluding hydrogens is 369 g/mol. The van der Waals surface area contributed by atoms with Crippen LogP contribution in [0.2, 0.25) is 5.04 Å². The molecule has 0 bridgehead atoms. The lowest BCUT2D eigenvalue weighted by molar-refractivity contribution is -0.0503. The zero-order valence-electron chi connectivity index (χ0n) is 13.7. The highest BCUT2D eigenvalue weighted by molar-refractivity contribution is 7.88. The lowest BCUT2D eigenvalue weighted by Gasteiger charge is -2.39. The molecular formula is C17H17F3O3SSi. The lowest BCUT2D eigenvalue weighted by atomic mass is 10.0. The zero-order chi connectivity index (χ0) is 18.5. The standard InChI is InChI=1S/C17H17F3O3SSi/c1-16(2)12-13-8-6-7-11-15(13)25(16,14-9-4-3-5-10-14)23-24(21,22)17(18,19)20/h3-11H,12H2,1-2H3. The number of halogens is 3. The number of hydrogen-bond acceptors (Lipinski definition) is 3. The molecule has 8 heteroatoms. The Morgan fingerprint density at radius 2 is 1.56 bits per heavy atom. The molecule has 0 radical (unpaired) electrons. The van der Waals surface area contributed by atoms with Gasteiger partial charge in [-0.1, -0.05) is 68.4 Å². The lowest BCUT2D eigenvalue weighted by Crippen LogP contribution is -2.66. The van der Waals surface area contributed by atoms with Gasteiger partial charge < -0.3 is 0 Å². The van der Waals surface area contributed by atoms with Crippen molar-refractivity contribution in [2.45, 2.75) is 30.8 Å². The number of fused-ring (bicyclic) bond motifs is 1. The summed E-state index contributed by atoms with van der Waals surface area (Å²) in [6.45, 7) is 3.55. The van der Waals surface area contributed by atoms with Crippen LogP contribution in [0.4, 0.5) is 13.2 Å². The third kappa shape index (κ3) is 2.72. The van der Waals surface area contributed by atoms with Crippen molar-refractivity contribution in [3.63, 3.8) is 0 Å².